The van der Waals surface area contributed by atoms with Crippen molar-refractivity contribution in [1.29, 1.82) is 0 Å². The maximum absolute atomic E-state index is 5.36. The first-order valence-corrected chi connectivity index (χ1v) is 6.65. The summed E-state index contributed by atoms with van der Waals surface area (Å²) in [6.07, 6.45) is 0. The predicted molar refractivity (Wildman–Crippen MR) is 79.6 cm³/mol. The number of hydrogen-bond donors (Lipinski definition) is 1. The third-order valence-corrected chi connectivity index (χ3v) is 3.41. The molecule has 102 valence electrons. The molecule has 0 unspecified atom stereocenters. The van der Waals surface area contributed by atoms with Gasteiger partial charge in [-0.25, -0.2) is 0 Å². The minimum absolute atomic E-state index is 0.419. The Bertz CT molecular complexity index is 905. The Labute approximate surface area is 120 Å². The van der Waals surface area contributed by atoms with Gasteiger partial charge < -0.3 is 4.52 Å². The highest BCUT2D eigenvalue weighted by Gasteiger charge is 2.15. The number of aromatic amines is 1. The summed E-state index contributed by atoms with van der Waals surface area (Å²) in [5, 5.41) is 12.2. The summed E-state index contributed by atoms with van der Waals surface area (Å²) < 4.78 is 5.36. The van der Waals surface area contributed by atoms with Crippen LogP contribution in [0.25, 0.3) is 33.9 Å². The normalized spacial score (nSPS) is 11.1. The molecule has 4 rings (SSSR count). The Kier molecular flexibility index (Phi) is 2.57. The smallest absolute Gasteiger partial charge is 0.279 e. The van der Waals surface area contributed by atoms with E-state index >= 15 is 0 Å². The summed E-state index contributed by atoms with van der Waals surface area (Å²) in [5.41, 5.74) is 3.75. The van der Waals surface area contributed by atoms with Gasteiger partial charge >= 0.3 is 0 Å². The number of para-hydroxylation sites is 1. The van der Waals surface area contributed by atoms with Crippen LogP contribution in [-0.2, 0) is 0 Å². The average Bonchev–Trinajstić information content (AvgIpc) is 3.14. The molecule has 4 aromatic rings. The zero-order valence-electron chi connectivity index (χ0n) is 11.4. The Morgan fingerprint density at radius 2 is 1.81 bits per heavy atom. The van der Waals surface area contributed by atoms with E-state index in [1.54, 1.807) is 0 Å². The lowest BCUT2D eigenvalue weighted by atomic mass is 10.1. The molecule has 2 aromatic carbocycles. The quantitative estimate of drug-likeness (QED) is 0.607. The summed E-state index contributed by atoms with van der Waals surface area (Å²) in [4.78, 5) is 4.44. The molecule has 5 heteroatoms. The Morgan fingerprint density at radius 3 is 2.67 bits per heavy atom. The molecule has 0 aliphatic rings. The van der Waals surface area contributed by atoms with Crippen LogP contribution in [0.3, 0.4) is 0 Å². The van der Waals surface area contributed by atoms with E-state index in [4.69, 9.17) is 4.52 Å². The van der Waals surface area contributed by atoms with E-state index < -0.39 is 0 Å². The van der Waals surface area contributed by atoms with Crippen LogP contribution in [0.15, 0.2) is 53.1 Å². The number of benzene rings is 2. The predicted octanol–water partition coefficient (Wildman–Crippen LogP) is 3.59. The number of nitrogens with one attached hydrogen (secondary N) is 1. The number of hydrogen-bond acceptors (Lipinski definition) is 4. The molecular formula is C16H12N4O. The second-order valence-corrected chi connectivity index (χ2v) is 4.91. The third kappa shape index (κ3) is 1.99. The maximum atomic E-state index is 5.36. The fourth-order valence-electron chi connectivity index (χ4n) is 2.27. The van der Waals surface area contributed by atoms with E-state index in [9.17, 15) is 0 Å². The van der Waals surface area contributed by atoms with Crippen LogP contribution in [0.5, 0.6) is 0 Å². The fraction of sp³-hybridized carbons (Fsp3) is 0.0625. The molecule has 1 N–H and O–H groups in total. The van der Waals surface area contributed by atoms with Crippen molar-refractivity contribution in [1.82, 2.24) is 20.3 Å². The van der Waals surface area contributed by atoms with E-state index in [1.165, 1.54) is 5.56 Å². The lowest BCUT2D eigenvalue weighted by molar-refractivity contribution is 0.431. The molecule has 0 aliphatic heterocycles. The number of nitrogens with zero attached hydrogens (tertiary/aromatic N) is 3. The second-order valence-electron chi connectivity index (χ2n) is 4.91. The lowest BCUT2D eigenvalue weighted by Gasteiger charge is -1.94. The molecule has 0 atom stereocenters. The Hall–Kier alpha value is -2.95. The highest BCUT2D eigenvalue weighted by molar-refractivity contribution is 5.90. The van der Waals surface area contributed by atoms with E-state index in [2.05, 4.69) is 20.3 Å². The van der Waals surface area contributed by atoms with E-state index in [0.717, 1.165) is 16.5 Å². The second kappa shape index (κ2) is 4.56. The molecule has 0 fully saturated rings. The maximum Gasteiger partial charge on any atom is 0.279 e. The molecule has 0 saturated heterocycles. The number of aryl methyl sites for hydroxylation is 1. The van der Waals surface area contributed by atoms with Crippen molar-refractivity contribution in [3.8, 4) is 23.0 Å². The van der Waals surface area contributed by atoms with Gasteiger partial charge in [0.1, 0.15) is 0 Å². The van der Waals surface area contributed by atoms with Gasteiger partial charge in [-0.1, -0.05) is 53.2 Å². The molecule has 0 radical (unpaired) electrons. The average molecular weight is 276 g/mol. The first-order chi connectivity index (χ1) is 10.3. The van der Waals surface area contributed by atoms with Gasteiger partial charge in [0.05, 0.1) is 5.52 Å². The minimum atomic E-state index is 0.419. The summed E-state index contributed by atoms with van der Waals surface area (Å²) >= 11 is 0. The number of rotatable bonds is 2. The van der Waals surface area contributed by atoms with Crippen LogP contribution < -0.4 is 0 Å². The molecular weight excluding hydrogens is 264 g/mol. The Balaban J connectivity index is 1.79. The van der Waals surface area contributed by atoms with E-state index in [0.29, 0.717) is 17.4 Å². The minimum Gasteiger partial charge on any atom is -0.332 e. The number of H-pyrrole nitrogens is 1. The van der Waals surface area contributed by atoms with Gasteiger partial charge in [0, 0.05) is 10.9 Å². The van der Waals surface area contributed by atoms with Crippen LogP contribution in [0.2, 0.25) is 0 Å². The fourth-order valence-corrected chi connectivity index (χ4v) is 2.27. The highest BCUT2D eigenvalue weighted by Crippen LogP contribution is 2.26. The first-order valence-electron chi connectivity index (χ1n) is 6.65. The zero-order valence-corrected chi connectivity index (χ0v) is 11.4. The Morgan fingerprint density at radius 1 is 1.00 bits per heavy atom. The van der Waals surface area contributed by atoms with E-state index in [1.807, 2.05) is 55.5 Å². The molecule has 0 saturated carbocycles. The molecule has 0 spiro atoms. The van der Waals surface area contributed by atoms with Crippen molar-refractivity contribution in [3.63, 3.8) is 0 Å². The SMILES string of the molecule is Cc1ccc(-c2noc(-c3n[nH]c4ccccc34)n2)cc1. The monoisotopic (exact) mass is 276 g/mol. The third-order valence-electron chi connectivity index (χ3n) is 3.41. The van der Waals surface area contributed by atoms with Crippen molar-refractivity contribution >= 4 is 10.9 Å². The molecule has 0 aliphatic carbocycles. The van der Waals surface area contributed by atoms with Crippen molar-refractivity contribution in [2.24, 2.45) is 0 Å². The molecule has 2 aromatic heterocycles. The van der Waals surface area contributed by atoms with Crippen LogP contribution in [0.4, 0.5) is 0 Å². The molecule has 0 bridgehead atoms. The van der Waals surface area contributed by atoms with Gasteiger partial charge in [-0.05, 0) is 13.0 Å². The van der Waals surface area contributed by atoms with Crippen molar-refractivity contribution in [3.05, 3.63) is 54.1 Å². The summed E-state index contributed by atoms with van der Waals surface area (Å²) in [7, 11) is 0. The molecule has 2 heterocycles. The number of fused-ring (bicyclic) bond motifs is 1. The van der Waals surface area contributed by atoms with Crippen LogP contribution in [0.1, 0.15) is 5.56 Å². The standard InChI is InChI=1S/C16H12N4O/c1-10-6-8-11(9-7-10)15-17-16(21-20-15)14-12-4-2-3-5-13(12)18-19-14/h2-9H,1H3,(H,18,19). The topological polar surface area (TPSA) is 67.6 Å². The molecule has 5 nitrogen and oxygen atoms in total. The van der Waals surface area contributed by atoms with Crippen LogP contribution in [-0.4, -0.2) is 20.3 Å². The van der Waals surface area contributed by atoms with Gasteiger partial charge in [0.2, 0.25) is 5.82 Å². The first kappa shape index (κ1) is 11.8. The van der Waals surface area contributed by atoms with Crippen LogP contribution in [0, 0.1) is 6.92 Å². The van der Waals surface area contributed by atoms with Crippen LogP contribution >= 0.6 is 0 Å². The summed E-state index contributed by atoms with van der Waals surface area (Å²) in [6.45, 7) is 2.04. The van der Waals surface area contributed by atoms with Gasteiger partial charge in [-0.2, -0.15) is 10.1 Å². The van der Waals surface area contributed by atoms with Gasteiger partial charge in [0.25, 0.3) is 5.89 Å². The molecule has 0 amide bonds. The zero-order chi connectivity index (χ0) is 14.2. The largest absolute Gasteiger partial charge is 0.332 e. The molecule has 21 heavy (non-hydrogen) atoms. The van der Waals surface area contributed by atoms with Gasteiger partial charge in [-0.3, -0.25) is 5.10 Å². The summed E-state index contributed by atoms with van der Waals surface area (Å²) in [5.74, 6) is 0.986. The highest BCUT2D eigenvalue weighted by atomic mass is 16.5. The van der Waals surface area contributed by atoms with Crippen molar-refractivity contribution in [2.45, 2.75) is 6.92 Å². The van der Waals surface area contributed by atoms with Crippen molar-refractivity contribution in [2.75, 3.05) is 0 Å². The van der Waals surface area contributed by atoms with Gasteiger partial charge in [0.15, 0.2) is 5.69 Å². The lowest BCUT2D eigenvalue weighted by Crippen LogP contribution is -1.82. The van der Waals surface area contributed by atoms with Gasteiger partial charge in [-0.15, -0.1) is 0 Å². The van der Waals surface area contributed by atoms with E-state index in [-0.39, 0.29) is 0 Å². The van der Waals surface area contributed by atoms with Crippen molar-refractivity contribution < 1.29 is 4.52 Å². The summed E-state index contributed by atoms with van der Waals surface area (Å²) in [6, 6.07) is 15.9. The number of aromatic nitrogens is 4.